The van der Waals surface area contributed by atoms with Crippen molar-refractivity contribution in [1.82, 2.24) is 9.80 Å². The first kappa shape index (κ1) is 27.6. The highest BCUT2D eigenvalue weighted by Crippen LogP contribution is 2.51. The summed E-state index contributed by atoms with van der Waals surface area (Å²) in [6.45, 7) is -2.56. The molecule has 2 amide bonds. The second-order valence-electron chi connectivity index (χ2n) is 5.96. The van der Waals surface area contributed by atoms with Crippen molar-refractivity contribution in [3.8, 4) is 0 Å². The van der Waals surface area contributed by atoms with Crippen LogP contribution in [0.4, 0.5) is 31.1 Å². The number of carbonyl (C=O) groups excluding carboxylic acids is 1. The Labute approximate surface area is 173 Å². The summed E-state index contributed by atoms with van der Waals surface area (Å²) in [4.78, 5) is 13.5. The van der Waals surface area contributed by atoms with E-state index in [1.807, 2.05) is 0 Å². The fraction of sp³-hybridized carbons (Fsp3) is 0.917. The van der Waals surface area contributed by atoms with Crippen molar-refractivity contribution >= 4 is 26.3 Å². The zero-order valence-corrected chi connectivity index (χ0v) is 17.7. The van der Waals surface area contributed by atoms with Gasteiger partial charge in [-0.15, -0.1) is 0 Å². The Balaban J connectivity index is 3.28. The quantitative estimate of drug-likeness (QED) is 0.286. The van der Waals surface area contributed by atoms with Gasteiger partial charge in [0.05, 0.1) is 20.2 Å². The molecule has 31 heavy (non-hydrogen) atoms. The molecule has 0 N–H and O–H groups in total. The van der Waals surface area contributed by atoms with Gasteiger partial charge in [-0.3, -0.25) is 18.2 Å². The highest BCUT2D eigenvalue weighted by molar-refractivity contribution is 7.89. The zero-order valence-electron chi connectivity index (χ0n) is 16.1. The first-order valence-electron chi connectivity index (χ1n) is 7.81. The van der Waals surface area contributed by atoms with E-state index < -0.39 is 75.4 Å². The number of rotatable bonds is 11. The van der Waals surface area contributed by atoms with Crippen LogP contribution in [0.1, 0.15) is 0 Å². The third-order valence-electron chi connectivity index (χ3n) is 3.80. The van der Waals surface area contributed by atoms with Gasteiger partial charge in [0, 0.05) is 14.2 Å². The van der Waals surface area contributed by atoms with Crippen molar-refractivity contribution in [1.29, 1.82) is 0 Å². The van der Waals surface area contributed by atoms with Crippen molar-refractivity contribution < 1.29 is 65.8 Å². The maximum absolute atomic E-state index is 14.1. The van der Waals surface area contributed by atoms with Crippen molar-refractivity contribution in [2.45, 2.75) is 22.5 Å². The molecule has 0 aromatic carbocycles. The minimum atomic E-state index is -7.00. The minimum Gasteiger partial charge on any atom is -0.364 e. The van der Waals surface area contributed by atoms with Crippen molar-refractivity contribution in [3.63, 3.8) is 0 Å². The normalized spacial score (nSPS) is 18.0. The number of urea groups is 1. The molecule has 0 aromatic rings. The van der Waals surface area contributed by atoms with Gasteiger partial charge in [-0.1, -0.05) is 0 Å². The molecule has 0 atom stereocenters. The summed E-state index contributed by atoms with van der Waals surface area (Å²) in [5.74, 6) is -7.00. The van der Waals surface area contributed by atoms with Gasteiger partial charge in [-0.25, -0.2) is 4.79 Å². The Morgan fingerprint density at radius 2 is 1.23 bits per heavy atom. The Kier molecular flexibility index (Phi) is 8.21. The highest BCUT2D eigenvalue weighted by atomic mass is 32.2. The lowest BCUT2D eigenvalue weighted by Gasteiger charge is -2.39. The van der Waals surface area contributed by atoms with E-state index in [4.69, 9.17) is 0 Å². The summed E-state index contributed by atoms with van der Waals surface area (Å²) >= 11 is 0. The lowest BCUT2D eigenvalue weighted by atomic mass is 10.2. The average molecular weight is 512 g/mol. The van der Waals surface area contributed by atoms with E-state index in [-0.39, 0.29) is 7.11 Å². The second-order valence-corrected chi connectivity index (χ2v) is 9.33. The standard InChI is InChI=1S/C12H18F6N2O9S2/c1-26-6-19-4-8(5-20(7-27-2)9(19)21)29-31(24,25)12(17,18)10(13,14)11(15,16)30(22,23)28-3/h8H,4-7H2,1-3H3. The summed E-state index contributed by atoms with van der Waals surface area (Å²) < 4.78 is 145. The zero-order chi connectivity index (χ0) is 24.5. The average Bonchev–Trinajstić information content (AvgIpc) is 2.64. The number of nitrogens with zero attached hydrogens (tertiary/aromatic N) is 2. The van der Waals surface area contributed by atoms with Crippen LogP contribution in [-0.2, 0) is 38.1 Å². The molecule has 1 rings (SSSR count). The summed E-state index contributed by atoms with van der Waals surface area (Å²) in [5, 5.41) is -13.4. The monoisotopic (exact) mass is 512 g/mol. The number of amides is 2. The van der Waals surface area contributed by atoms with Crippen LogP contribution in [-0.4, -0.2) is 103 Å². The molecule has 11 nitrogen and oxygen atoms in total. The van der Waals surface area contributed by atoms with E-state index in [0.29, 0.717) is 0 Å². The van der Waals surface area contributed by atoms with Gasteiger partial charge in [0.15, 0.2) is 0 Å². The van der Waals surface area contributed by atoms with E-state index in [9.17, 15) is 48.0 Å². The predicted molar refractivity (Wildman–Crippen MR) is 87.1 cm³/mol. The van der Waals surface area contributed by atoms with E-state index in [0.717, 1.165) is 24.0 Å². The van der Waals surface area contributed by atoms with Gasteiger partial charge >= 0.3 is 42.7 Å². The van der Waals surface area contributed by atoms with E-state index in [1.165, 1.54) is 0 Å². The first-order chi connectivity index (χ1) is 13.9. The fourth-order valence-electron chi connectivity index (χ4n) is 2.32. The summed E-state index contributed by atoms with van der Waals surface area (Å²) in [6.07, 6.45) is -1.96. The van der Waals surface area contributed by atoms with Crippen molar-refractivity contribution in [2.24, 2.45) is 0 Å². The molecule has 1 aliphatic heterocycles. The second kappa shape index (κ2) is 9.22. The van der Waals surface area contributed by atoms with Gasteiger partial charge in [0.25, 0.3) is 0 Å². The number of alkyl halides is 6. The van der Waals surface area contributed by atoms with Gasteiger partial charge in [0.2, 0.25) is 0 Å². The predicted octanol–water partition coefficient (Wildman–Crippen LogP) is 0.444. The van der Waals surface area contributed by atoms with Gasteiger partial charge in [0.1, 0.15) is 19.6 Å². The molecule has 0 aliphatic carbocycles. The van der Waals surface area contributed by atoms with Crippen LogP contribution < -0.4 is 0 Å². The largest absolute Gasteiger partial charge is 0.439 e. The van der Waals surface area contributed by atoms with Gasteiger partial charge in [-0.2, -0.15) is 43.2 Å². The summed E-state index contributed by atoms with van der Waals surface area (Å²) in [6, 6.07) is -0.823. The minimum absolute atomic E-state index is 0.0176. The Morgan fingerprint density at radius 1 is 0.839 bits per heavy atom. The maximum Gasteiger partial charge on any atom is 0.439 e. The van der Waals surface area contributed by atoms with E-state index >= 15 is 0 Å². The van der Waals surface area contributed by atoms with Crippen molar-refractivity contribution in [3.05, 3.63) is 0 Å². The Bertz CT molecular complexity index is 850. The van der Waals surface area contributed by atoms with Crippen LogP contribution in [0.25, 0.3) is 0 Å². The van der Waals surface area contributed by atoms with E-state index in [2.05, 4.69) is 17.8 Å². The van der Waals surface area contributed by atoms with Crippen molar-refractivity contribution in [2.75, 3.05) is 47.9 Å². The maximum atomic E-state index is 14.1. The SMILES string of the molecule is COCN1CC(OS(=O)(=O)C(F)(F)C(F)(F)C(F)(F)S(=O)(=O)OC)CN(COC)C1=O. The van der Waals surface area contributed by atoms with E-state index in [1.54, 1.807) is 0 Å². The van der Waals surface area contributed by atoms with Crippen LogP contribution in [0.15, 0.2) is 0 Å². The number of ether oxygens (including phenoxy) is 2. The molecule has 184 valence electrons. The smallest absolute Gasteiger partial charge is 0.364 e. The van der Waals surface area contributed by atoms with Gasteiger partial charge in [-0.05, 0) is 0 Å². The van der Waals surface area contributed by atoms with Gasteiger partial charge < -0.3 is 9.47 Å². The van der Waals surface area contributed by atoms with Crippen LogP contribution in [0, 0.1) is 0 Å². The molecule has 19 heteroatoms. The summed E-state index contributed by atoms with van der Waals surface area (Å²) in [7, 11) is -11.3. The fourth-order valence-corrected chi connectivity index (χ4v) is 4.08. The first-order valence-corrected chi connectivity index (χ1v) is 10.6. The van der Waals surface area contributed by atoms with Crippen LogP contribution in [0.3, 0.4) is 0 Å². The molecule has 0 aromatic heterocycles. The number of halogens is 6. The molecule has 1 fully saturated rings. The molecule has 0 saturated carbocycles. The molecule has 0 unspecified atom stereocenters. The molecule has 1 saturated heterocycles. The number of hydrogen-bond donors (Lipinski definition) is 0. The van der Waals surface area contributed by atoms with Crippen LogP contribution >= 0.6 is 0 Å². The molecule has 1 aliphatic rings. The Hall–Kier alpha value is -1.41. The molecule has 0 bridgehead atoms. The topological polar surface area (TPSA) is 129 Å². The lowest BCUT2D eigenvalue weighted by molar-refractivity contribution is -0.248. The lowest BCUT2D eigenvalue weighted by Crippen LogP contribution is -2.62. The molecule has 0 spiro atoms. The third-order valence-corrected chi connectivity index (χ3v) is 6.53. The molecular formula is C12H18F6N2O9S2. The summed E-state index contributed by atoms with van der Waals surface area (Å²) in [5.41, 5.74) is 0. The van der Waals surface area contributed by atoms with Crippen LogP contribution in [0.5, 0.6) is 0 Å². The highest BCUT2D eigenvalue weighted by Gasteiger charge is 2.83. The number of carbonyl (C=O) groups is 1. The molecular weight excluding hydrogens is 494 g/mol. The van der Waals surface area contributed by atoms with Crippen LogP contribution in [0.2, 0.25) is 0 Å². The molecule has 0 radical (unpaired) electrons. The third kappa shape index (κ3) is 4.85. The number of hydrogen-bond acceptors (Lipinski definition) is 9. The Morgan fingerprint density at radius 3 is 1.58 bits per heavy atom. The number of methoxy groups -OCH3 is 2. The molecule has 1 heterocycles.